The van der Waals surface area contributed by atoms with Gasteiger partial charge in [0.25, 0.3) is 0 Å². The number of anilines is 3. The van der Waals surface area contributed by atoms with Crippen molar-refractivity contribution in [2.45, 2.75) is 12.8 Å². The van der Waals surface area contributed by atoms with Crippen LogP contribution in [0.4, 0.5) is 17.1 Å². The van der Waals surface area contributed by atoms with Crippen LogP contribution in [0, 0.1) is 0 Å². The number of hydrogen-bond acceptors (Lipinski definition) is 3. The van der Waals surface area contributed by atoms with Crippen LogP contribution in [0.5, 0.6) is 5.75 Å². The summed E-state index contributed by atoms with van der Waals surface area (Å²) in [7, 11) is 2.06. The summed E-state index contributed by atoms with van der Waals surface area (Å²) >= 11 is 0. The molecule has 0 saturated carbocycles. The van der Waals surface area contributed by atoms with Crippen LogP contribution in [0.2, 0.25) is 0 Å². The zero-order chi connectivity index (χ0) is 13.2. The van der Waals surface area contributed by atoms with Gasteiger partial charge in [-0.25, -0.2) is 0 Å². The predicted molar refractivity (Wildman–Crippen MR) is 79.2 cm³/mol. The summed E-state index contributed by atoms with van der Waals surface area (Å²) in [5.41, 5.74) is 10.2. The first-order valence-electron chi connectivity index (χ1n) is 6.59. The van der Waals surface area contributed by atoms with Crippen molar-refractivity contribution in [1.29, 1.82) is 0 Å². The predicted octanol–water partition coefficient (Wildman–Crippen LogP) is 3.36. The van der Waals surface area contributed by atoms with Gasteiger partial charge in [0.1, 0.15) is 5.75 Å². The van der Waals surface area contributed by atoms with Crippen molar-refractivity contribution in [3.8, 4) is 5.75 Å². The highest BCUT2D eigenvalue weighted by Gasteiger charge is 2.12. The van der Waals surface area contributed by atoms with Crippen molar-refractivity contribution in [1.82, 2.24) is 0 Å². The monoisotopic (exact) mass is 254 g/mol. The van der Waals surface area contributed by atoms with E-state index in [1.165, 1.54) is 5.56 Å². The van der Waals surface area contributed by atoms with Crippen molar-refractivity contribution in [3.05, 3.63) is 48.0 Å². The van der Waals surface area contributed by atoms with Gasteiger partial charge in [-0.05, 0) is 54.8 Å². The average Bonchev–Trinajstić information content (AvgIpc) is 2.46. The highest BCUT2D eigenvalue weighted by Crippen LogP contribution is 2.32. The fraction of sp³-hybridized carbons (Fsp3) is 0.250. The molecule has 1 heterocycles. The SMILES string of the molecule is CN(c1cccc(N)c1)c1ccc2c(c1)CCCO2. The maximum absolute atomic E-state index is 5.84. The van der Waals surface area contributed by atoms with Crippen molar-refractivity contribution in [2.75, 3.05) is 24.3 Å². The Labute approximate surface area is 113 Å². The van der Waals surface area contributed by atoms with Crippen molar-refractivity contribution in [3.63, 3.8) is 0 Å². The summed E-state index contributed by atoms with van der Waals surface area (Å²) in [6, 6.07) is 14.3. The van der Waals surface area contributed by atoms with E-state index in [1.807, 2.05) is 18.2 Å². The van der Waals surface area contributed by atoms with E-state index in [4.69, 9.17) is 10.5 Å². The molecule has 0 bridgehead atoms. The second kappa shape index (κ2) is 4.84. The number of nitrogen functional groups attached to an aromatic ring is 1. The lowest BCUT2D eigenvalue weighted by Gasteiger charge is -2.23. The first kappa shape index (κ1) is 11.9. The minimum Gasteiger partial charge on any atom is -0.493 e. The largest absolute Gasteiger partial charge is 0.493 e. The molecule has 0 unspecified atom stereocenters. The maximum atomic E-state index is 5.84. The molecule has 2 aromatic carbocycles. The Kier molecular flexibility index (Phi) is 3.03. The smallest absolute Gasteiger partial charge is 0.122 e. The van der Waals surface area contributed by atoms with Gasteiger partial charge in [-0.3, -0.25) is 0 Å². The summed E-state index contributed by atoms with van der Waals surface area (Å²) < 4.78 is 5.64. The average molecular weight is 254 g/mol. The van der Waals surface area contributed by atoms with Gasteiger partial charge in [0.2, 0.25) is 0 Å². The highest BCUT2D eigenvalue weighted by atomic mass is 16.5. The Morgan fingerprint density at radius 2 is 1.95 bits per heavy atom. The summed E-state index contributed by atoms with van der Waals surface area (Å²) in [6.07, 6.45) is 2.19. The third-order valence-corrected chi connectivity index (χ3v) is 3.54. The van der Waals surface area contributed by atoms with Crippen molar-refractivity contribution >= 4 is 17.1 Å². The lowest BCUT2D eigenvalue weighted by Crippen LogP contribution is -2.12. The van der Waals surface area contributed by atoms with Crippen LogP contribution in [0.1, 0.15) is 12.0 Å². The Morgan fingerprint density at radius 3 is 2.79 bits per heavy atom. The molecular formula is C16H18N2O. The first-order valence-corrected chi connectivity index (χ1v) is 6.59. The number of ether oxygens (including phenoxy) is 1. The van der Waals surface area contributed by atoms with Gasteiger partial charge in [0.05, 0.1) is 6.61 Å². The molecule has 0 saturated heterocycles. The van der Waals surface area contributed by atoms with E-state index in [9.17, 15) is 0 Å². The molecule has 0 atom stereocenters. The van der Waals surface area contributed by atoms with Gasteiger partial charge < -0.3 is 15.4 Å². The Hall–Kier alpha value is -2.16. The fourth-order valence-corrected chi connectivity index (χ4v) is 2.44. The third-order valence-electron chi connectivity index (χ3n) is 3.54. The summed E-state index contributed by atoms with van der Waals surface area (Å²) in [6.45, 7) is 0.831. The topological polar surface area (TPSA) is 38.5 Å². The van der Waals surface area contributed by atoms with E-state index in [0.717, 1.165) is 42.3 Å². The summed E-state index contributed by atoms with van der Waals surface area (Å²) in [4.78, 5) is 2.14. The van der Waals surface area contributed by atoms with Crippen molar-refractivity contribution < 1.29 is 4.74 Å². The van der Waals surface area contributed by atoms with Gasteiger partial charge in [-0.1, -0.05) is 6.07 Å². The molecule has 1 aliphatic heterocycles. The van der Waals surface area contributed by atoms with E-state index in [2.05, 4.69) is 36.2 Å². The molecule has 3 nitrogen and oxygen atoms in total. The standard InChI is InChI=1S/C16H18N2O/c1-18(14-6-2-5-13(17)11-14)15-7-8-16-12(10-15)4-3-9-19-16/h2,5-8,10-11H,3-4,9,17H2,1H3. The lowest BCUT2D eigenvalue weighted by atomic mass is 10.1. The van der Waals surface area contributed by atoms with E-state index >= 15 is 0 Å². The van der Waals surface area contributed by atoms with Gasteiger partial charge in [-0.15, -0.1) is 0 Å². The van der Waals surface area contributed by atoms with Crippen molar-refractivity contribution in [2.24, 2.45) is 0 Å². The molecule has 3 rings (SSSR count). The minimum absolute atomic E-state index is 0.783. The molecule has 2 aromatic rings. The van der Waals surface area contributed by atoms with Gasteiger partial charge in [-0.2, -0.15) is 0 Å². The molecule has 0 fully saturated rings. The van der Waals surface area contributed by atoms with Gasteiger partial charge in [0.15, 0.2) is 0 Å². The van der Waals surface area contributed by atoms with E-state index in [0.29, 0.717) is 0 Å². The highest BCUT2D eigenvalue weighted by molar-refractivity contribution is 5.67. The van der Waals surface area contributed by atoms with Crippen LogP contribution in [-0.4, -0.2) is 13.7 Å². The zero-order valence-corrected chi connectivity index (χ0v) is 11.1. The summed E-state index contributed by atoms with van der Waals surface area (Å²) in [5, 5.41) is 0. The molecule has 0 amide bonds. The van der Waals surface area contributed by atoms with Gasteiger partial charge in [0, 0.05) is 24.1 Å². The van der Waals surface area contributed by atoms with Crippen LogP contribution in [0.3, 0.4) is 0 Å². The Bertz CT molecular complexity index is 595. The molecule has 2 N–H and O–H groups in total. The first-order chi connectivity index (χ1) is 9.24. The molecule has 0 radical (unpaired) electrons. The molecule has 19 heavy (non-hydrogen) atoms. The number of rotatable bonds is 2. The second-order valence-corrected chi connectivity index (χ2v) is 4.90. The quantitative estimate of drug-likeness (QED) is 0.835. The molecule has 0 aliphatic carbocycles. The Morgan fingerprint density at radius 1 is 1.11 bits per heavy atom. The zero-order valence-electron chi connectivity index (χ0n) is 11.1. The summed E-state index contributed by atoms with van der Waals surface area (Å²) in [5.74, 6) is 1.02. The van der Waals surface area contributed by atoms with E-state index in [-0.39, 0.29) is 0 Å². The molecule has 1 aliphatic rings. The van der Waals surface area contributed by atoms with Crippen LogP contribution < -0.4 is 15.4 Å². The molecule has 98 valence electrons. The lowest BCUT2D eigenvalue weighted by molar-refractivity contribution is 0.288. The van der Waals surface area contributed by atoms with Crippen LogP contribution in [0.15, 0.2) is 42.5 Å². The maximum Gasteiger partial charge on any atom is 0.122 e. The van der Waals surface area contributed by atoms with Crippen LogP contribution in [-0.2, 0) is 6.42 Å². The third kappa shape index (κ3) is 2.36. The number of aryl methyl sites for hydroxylation is 1. The van der Waals surface area contributed by atoms with E-state index in [1.54, 1.807) is 0 Å². The number of nitrogens with two attached hydrogens (primary N) is 1. The van der Waals surface area contributed by atoms with Crippen LogP contribution in [0.25, 0.3) is 0 Å². The minimum atomic E-state index is 0.783. The molecule has 0 spiro atoms. The van der Waals surface area contributed by atoms with E-state index < -0.39 is 0 Å². The number of benzene rings is 2. The number of hydrogen-bond donors (Lipinski definition) is 1. The van der Waals surface area contributed by atoms with Gasteiger partial charge >= 0.3 is 0 Å². The molecule has 0 aromatic heterocycles. The van der Waals surface area contributed by atoms with Crippen LogP contribution >= 0.6 is 0 Å². The normalized spacial score (nSPS) is 13.5. The fourth-order valence-electron chi connectivity index (χ4n) is 2.44. The molecular weight excluding hydrogens is 236 g/mol. The second-order valence-electron chi connectivity index (χ2n) is 4.90. The Balaban J connectivity index is 1.93. The number of fused-ring (bicyclic) bond motifs is 1. The molecule has 3 heteroatoms. The number of nitrogens with zero attached hydrogens (tertiary/aromatic N) is 1.